The van der Waals surface area contributed by atoms with E-state index >= 15 is 0 Å². The van der Waals surface area contributed by atoms with Crippen molar-refractivity contribution >= 4 is 17.2 Å². The molecule has 68 valence electrons. The molecular weight excluding hydrogens is 184 g/mol. The molecule has 0 aliphatic carbocycles. The molecule has 1 amide bonds. The molecule has 0 bridgehead atoms. The number of primary amides is 1. The van der Waals surface area contributed by atoms with Gasteiger partial charge in [0.1, 0.15) is 0 Å². The van der Waals surface area contributed by atoms with Crippen molar-refractivity contribution in [3.63, 3.8) is 0 Å². The molecule has 0 unspecified atom stereocenters. The van der Waals surface area contributed by atoms with E-state index in [-0.39, 0.29) is 5.91 Å². The molecule has 4 heteroatoms. The van der Waals surface area contributed by atoms with Gasteiger partial charge in [-0.3, -0.25) is 4.79 Å². The highest BCUT2D eigenvalue weighted by molar-refractivity contribution is 7.10. The van der Waals surface area contributed by atoms with E-state index in [1.54, 1.807) is 11.4 Å². The normalized spacial score (nSPS) is 9.46. The Bertz CT molecular complexity index is 338. The summed E-state index contributed by atoms with van der Waals surface area (Å²) in [6, 6.07) is 1.77. The van der Waals surface area contributed by atoms with Gasteiger partial charge in [0.15, 0.2) is 0 Å². The molecule has 0 aromatic carbocycles. The molecule has 1 heterocycles. The molecule has 1 rings (SSSR count). The smallest absolute Gasteiger partial charge is 0.249 e. The van der Waals surface area contributed by atoms with Crippen molar-refractivity contribution in [2.24, 2.45) is 5.73 Å². The van der Waals surface area contributed by atoms with E-state index in [4.69, 9.17) is 12.2 Å². The molecule has 0 spiro atoms. The summed E-state index contributed by atoms with van der Waals surface area (Å²) in [5, 5.41) is 4.77. The highest BCUT2D eigenvalue weighted by Crippen LogP contribution is 2.13. The van der Waals surface area contributed by atoms with Crippen molar-refractivity contribution < 1.29 is 4.79 Å². The van der Waals surface area contributed by atoms with Gasteiger partial charge in [-0.1, -0.05) is 5.92 Å². The second-order valence-corrected chi connectivity index (χ2v) is 3.47. The van der Waals surface area contributed by atoms with E-state index in [1.165, 1.54) is 11.3 Å². The van der Waals surface area contributed by atoms with Gasteiger partial charge in [0.05, 0.1) is 12.1 Å². The van der Waals surface area contributed by atoms with Crippen LogP contribution in [0.3, 0.4) is 0 Å². The molecular formula is C9H10N2OS. The summed E-state index contributed by atoms with van der Waals surface area (Å²) >= 11 is 1.50. The summed E-state index contributed by atoms with van der Waals surface area (Å²) in [7, 11) is 0. The van der Waals surface area contributed by atoms with Gasteiger partial charge >= 0.3 is 0 Å². The van der Waals surface area contributed by atoms with Crippen LogP contribution in [0.2, 0.25) is 0 Å². The van der Waals surface area contributed by atoms with Gasteiger partial charge in [-0.15, -0.1) is 17.8 Å². The van der Waals surface area contributed by atoms with Crippen LogP contribution in [0.1, 0.15) is 15.2 Å². The van der Waals surface area contributed by atoms with Gasteiger partial charge in [0.25, 0.3) is 0 Å². The van der Waals surface area contributed by atoms with Gasteiger partial charge in [-0.05, 0) is 6.07 Å². The van der Waals surface area contributed by atoms with Crippen LogP contribution in [0.4, 0.5) is 0 Å². The third kappa shape index (κ3) is 2.90. The fourth-order valence-electron chi connectivity index (χ4n) is 0.860. The second-order valence-electron chi connectivity index (χ2n) is 2.47. The van der Waals surface area contributed by atoms with Crippen LogP contribution in [-0.4, -0.2) is 12.5 Å². The molecule has 0 fully saturated rings. The van der Waals surface area contributed by atoms with Crippen molar-refractivity contribution in [2.75, 3.05) is 6.54 Å². The topological polar surface area (TPSA) is 55.1 Å². The van der Waals surface area contributed by atoms with Gasteiger partial charge in [0.2, 0.25) is 5.91 Å². The number of hydrogen-bond acceptors (Lipinski definition) is 3. The number of terminal acetylenes is 1. The molecule has 0 atom stereocenters. The van der Waals surface area contributed by atoms with Crippen LogP contribution in [0.25, 0.3) is 0 Å². The van der Waals surface area contributed by atoms with Crippen molar-refractivity contribution in [1.82, 2.24) is 5.32 Å². The SMILES string of the molecule is C#CCNCc1cc(C(N)=O)cs1. The first-order chi connectivity index (χ1) is 6.24. The first kappa shape index (κ1) is 9.78. The second kappa shape index (κ2) is 4.65. The molecule has 3 N–H and O–H groups in total. The van der Waals surface area contributed by atoms with Gasteiger partial charge in [-0.2, -0.15) is 0 Å². The number of carbonyl (C=O) groups is 1. The standard InChI is InChI=1S/C9H10N2OS/c1-2-3-11-5-8-4-7(6-13-8)9(10)12/h1,4,6,11H,3,5H2,(H2,10,12). The summed E-state index contributed by atoms with van der Waals surface area (Å²) in [5.41, 5.74) is 5.65. The molecule has 13 heavy (non-hydrogen) atoms. The number of nitrogens with two attached hydrogens (primary N) is 1. The summed E-state index contributed by atoms with van der Waals surface area (Å²) in [6.07, 6.45) is 5.06. The van der Waals surface area contributed by atoms with E-state index in [9.17, 15) is 4.79 Å². The van der Waals surface area contributed by atoms with Crippen LogP contribution in [0, 0.1) is 12.3 Å². The molecule has 3 nitrogen and oxygen atoms in total. The Hall–Kier alpha value is -1.31. The predicted octanol–water partition coefficient (Wildman–Crippen LogP) is 0.570. The monoisotopic (exact) mass is 194 g/mol. The van der Waals surface area contributed by atoms with E-state index < -0.39 is 0 Å². The predicted molar refractivity (Wildman–Crippen MR) is 53.4 cm³/mol. The number of amides is 1. The lowest BCUT2D eigenvalue weighted by molar-refractivity contribution is 0.100. The van der Waals surface area contributed by atoms with E-state index in [0.29, 0.717) is 18.7 Å². The number of nitrogens with one attached hydrogen (secondary N) is 1. The molecule has 0 saturated heterocycles. The van der Waals surface area contributed by atoms with Crippen molar-refractivity contribution in [1.29, 1.82) is 0 Å². The van der Waals surface area contributed by atoms with Crippen molar-refractivity contribution in [3.05, 3.63) is 21.9 Å². The summed E-state index contributed by atoms with van der Waals surface area (Å²) < 4.78 is 0. The lowest BCUT2D eigenvalue weighted by atomic mass is 10.3. The highest BCUT2D eigenvalue weighted by atomic mass is 32.1. The van der Waals surface area contributed by atoms with Crippen LogP contribution < -0.4 is 11.1 Å². The van der Waals surface area contributed by atoms with Crippen LogP contribution in [0.15, 0.2) is 11.4 Å². The lowest BCUT2D eigenvalue weighted by Gasteiger charge is -1.95. The maximum atomic E-state index is 10.7. The Morgan fingerprint density at radius 3 is 3.08 bits per heavy atom. The van der Waals surface area contributed by atoms with E-state index in [1.807, 2.05) is 0 Å². The zero-order valence-electron chi connectivity index (χ0n) is 7.04. The Kier molecular flexibility index (Phi) is 3.50. The van der Waals surface area contributed by atoms with E-state index in [0.717, 1.165) is 4.88 Å². The van der Waals surface area contributed by atoms with Gasteiger partial charge < -0.3 is 11.1 Å². The first-order valence-corrected chi connectivity index (χ1v) is 4.63. The number of rotatable bonds is 4. The molecule has 1 aromatic rings. The summed E-state index contributed by atoms with van der Waals surface area (Å²) in [6.45, 7) is 1.21. The molecule has 0 saturated carbocycles. The summed E-state index contributed by atoms with van der Waals surface area (Å²) in [4.78, 5) is 11.8. The minimum atomic E-state index is -0.389. The minimum absolute atomic E-state index is 0.389. The molecule has 1 aromatic heterocycles. The quantitative estimate of drug-likeness (QED) is 0.544. The van der Waals surface area contributed by atoms with Crippen LogP contribution >= 0.6 is 11.3 Å². The zero-order chi connectivity index (χ0) is 9.68. The van der Waals surface area contributed by atoms with Gasteiger partial charge in [-0.25, -0.2) is 0 Å². The van der Waals surface area contributed by atoms with Crippen molar-refractivity contribution in [3.8, 4) is 12.3 Å². The Balaban J connectivity index is 2.50. The highest BCUT2D eigenvalue weighted by Gasteiger charge is 2.03. The van der Waals surface area contributed by atoms with E-state index in [2.05, 4.69) is 11.2 Å². The number of hydrogen-bond donors (Lipinski definition) is 2. The molecule has 0 radical (unpaired) electrons. The number of carbonyl (C=O) groups excluding carboxylic acids is 1. The lowest BCUT2D eigenvalue weighted by Crippen LogP contribution is -2.12. The third-order valence-electron chi connectivity index (χ3n) is 1.46. The maximum Gasteiger partial charge on any atom is 0.249 e. The Morgan fingerprint density at radius 2 is 2.54 bits per heavy atom. The Labute approximate surface area is 80.9 Å². The average molecular weight is 194 g/mol. The fourth-order valence-corrected chi connectivity index (χ4v) is 1.70. The molecule has 0 aliphatic heterocycles. The van der Waals surface area contributed by atoms with Crippen molar-refractivity contribution in [2.45, 2.75) is 6.54 Å². The minimum Gasteiger partial charge on any atom is -0.366 e. The van der Waals surface area contributed by atoms with Crippen LogP contribution in [0.5, 0.6) is 0 Å². The Morgan fingerprint density at radius 1 is 1.77 bits per heavy atom. The maximum absolute atomic E-state index is 10.7. The first-order valence-electron chi connectivity index (χ1n) is 3.75. The molecule has 0 aliphatic rings. The average Bonchev–Trinajstić information content (AvgIpc) is 2.53. The largest absolute Gasteiger partial charge is 0.366 e. The number of thiophene rings is 1. The van der Waals surface area contributed by atoms with Gasteiger partial charge in [0, 0.05) is 16.8 Å². The summed E-state index contributed by atoms with van der Waals surface area (Å²) in [5.74, 6) is 2.08. The third-order valence-corrected chi connectivity index (χ3v) is 2.40. The van der Waals surface area contributed by atoms with Crippen LogP contribution in [-0.2, 0) is 6.54 Å². The zero-order valence-corrected chi connectivity index (χ0v) is 7.86. The fraction of sp³-hybridized carbons (Fsp3) is 0.222.